The molecule has 0 aliphatic carbocycles. The monoisotopic (exact) mass is 290 g/mol. The number of ether oxygens (including phenoxy) is 1. The first-order chi connectivity index (χ1) is 9.65. The van der Waals surface area contributed by atoms with Crippen LogP contribution in [0.15, 0.2) is 29.8 Å². The summed E-state index contributed by atoms with van der Waals surface area (Å²) in [5.41, 5.74) is 2.44. The molecule has 0 aliphatic heterocycles. The van der Waals surface area contributed by atoms with Crippen molar-refractivity contribution in [3.63, 3.8) is 0 Å². The fourth-order valence-corrected chi connectivity index (χ4v) is 3.14. The van der Waals surface area contributed by atoms with E-state index >= 15 is 0 Å². The second-order valence-electron chi connectivity index (χ2n) is 4.96. The minimum atomic E-state index is 0.221. The minimum Gasteiger partial charge on any atom is -0.496 e. The van der Waals surface area contributed by atoms with E-state index in [1.807, 2.05) is 17.6 Å². The first kappa shape index (κ1) is 15.0. The average molecular weight is 290 g/mol. The van der Waals surface area contributed by atoms with Crippen molar-refractivity contribution in [2.45, 2.75) is 39.3 Å². The van der Waals surface area contributed by atoms with Crippen LogP contribution in [0.25, 0.3) is 0 Å². The Morgan fingerprint density at radius 2 is 2.20 bits per heavy atom. The largest absolute Gasteiger partial charge is 0.496 e. The smallest absolute Gasteiger partial charge is 0.123 e. The zero-order valence-corrected chi connectivity index (χ0v) is 13.3. The number of aromatic nitrogens is 1. The molecule has 1 heterocycles. The molecule has 2 unspecified atom stereocenters. The lowest BCUT2D eigenvalue weighted by atomic mass is 10.0. The van der Waals surface area contributed by atoms with Crippen molar-refractivity contribution >= 4 is 11.3 Å². The summed E-state index contributed by atoms with van der Waals surface area (Å²) in [4.78, 5) is 4.42. The molecule has 0 saturated heterocycles. The van der Waals surface area contributed by atoms with E-state index in [1.54, 1.807) is 18.4 Å². The van der Waals surface area contributed by atoms with Crippen molar-refractivity contribution in [2.24, 2.45) is 0 Å². The van der Waals surface area contributed by atoms with Crippen LogP contribution in [-0.4, -0.2) is 12.1 Å². The highest BCUT2D eigenvalue weighted by atomic mass is 32.1. The maximum Gasteiger partial charge on any atom is 0.123 e. The molecule has 2 rings (SSSR count). The van der Waals surface area contributed by atoms with E-state index in [1.165, 1.54) is 11.1 Å². The predicted molar refractivity (Wildman–Crippen MR) is 84.4 cm³/mol. The summed E-state index contributed by atoms with van der Waals surface area (Å²) >= 11 is 1.70. The Bertz CT molecular complexity index is 539. The minimum absolute atomic E-state index is 0.221. The van der Waals surface area contributed by atoms with Gasteiger partial charge in [0.05, 0.1) is 13.2 Å². The van der Waals surface area contributed by atoms with E-state index in [0.29, 0.717) is 0 Å². The van der Waals surface area contributed by atoms with E-state index in [0.717, 1.165) is 17.2 Å². The van der Waals surface area contributed by atoms with Crippen molar-refractivity contribution < 1.29 is 4.74 Å². The number of rotatable bonds is 6. The Balaban J connectivity index is 2.18. The fraction of sp³-hybridized carbons (Fsp3) is 0.438. The molecule has 4 heteroatoms. The van der Waals surface area contributed by atoms with Gasteiger partial charge in [-0.25, -0.2) is 4.98 Å². The topological polar surface area (TPSA) is 34.1 Å². The summed E-state index contributed by atoms with van der Waals surface area (Å²) in [6.07, 6.45) is 2.88. The fourth-order valence-electron chi connectivity index (χ4n) is 2.35. The number of hydrogen-bond acceptors (Lipinski definition) is 4. The Hall–Kier alpha value is -1.39. The summed E-state index contributed by atoms with van der Waals surface area (Å²) in [6.45, 7) is 6.46. The van der Waals surface area contributed by atoms with E-state index in [4.69, 9.17) is 4.74 Å². The average Bonchev–Trinajstić information content (AvgIpc) is 2.98. The molecule has 0 aliphatic rings. The quantitative estimate of drug-likeness (QED) is 0.863. The molecule has 0 saturated carbocycles. The lowest BCUT2D eigenvalue weighted by Gasteiger charge is -2.23. The van der Waals surface area contributed by atoms with Crippen LogP contribution in [0.4, 0.5) is 0 Å². The summed E-state index contributed by atoms with van der Waals surface area (Å²) in [5, 5.41) is 6.82. The van der Waals surface area contributed by atoms with Crippen LogP contribution < -0.4 is 10.1 Å². The number of nitrogens with zero attached hydrogens (tertiary/aromatic N) is 1. The highest BCUT2D eigenvalue weighted by Gasteiger charge is 2.18. The van der Waals surface area contributed by atoms with Gasteiger partial charge in [0.2, 0.25) is 0 Å². The Labute approximate surface area is 125 Å². The van der Waals surface area contributed by atoms with Gasteiger partial charge in [-0.05, 0) is 26.3 Å². The maximum absolute atomic E-state index is 5.47. The first-order valence-corrected chi connectivity index (χ1v) is 7.83. The molecular weight excluding hydrogens is 268 g/mol. The van der Waals surface area contributed by atoms with Gasteiger partial charge in [0.1, 0.15) is 10.8 Å². The van der Waals surface area contributed by atoms with Crippen molar-refractivity contribution in [1.82, 2.24) is 10.3 Å². The molecule has 0 spiro atoms. The summed E-state index contributed by atoms with van der Waals surface area (Å²) in [7, 11) is 1.72. The zero-order chi connectivity index (χ0) is 14.5. The Morgan fingerprint density at radius 1 is 1.40 bits per heavy atom. The molecule has 0 bridgehead atoms. The normalized spacial score (nSPS) is 14.0. The van der Waals surface area contributed by atoms with Crippen LogP contribution in [0.2, 0.25) is 0 Å². The lowest BCUT2D eigenvalue weighted by molar-refractivity contribution is 0.391. The zero-order valence-electron chi connectivity index (χ0n) is 12.5. The summed E-state index contributed by atoms with van der Waals surface area (Å²) in [5.74, 6) is 0.935. The highest BCUT2D eigenvalue weighted by Crippen LogP contribution is 2.29. The predicted octanol–water partition coefficient (Wildman–Crippen LogP) is 4.26. The van der Waals surface area contributed by atoms with Crippen LogP contribution in [0.5, 0.6) is 5.75 Å². The molecule has 2 atom stereocenters. The molecule has 1 aromatic carbocycles. The van der Waals surface area contributed by atoms with Gasteiger partial charge in [-0.3, -0.25) is 0 Å². The molecule has 0 radical (unpaired) electrons. The van der Waals surface area contributed by atoms with Gasteiger partial charge in [-0.15, -0.1) is 11.3 Å². The lowest BCUT2D eigenvalue weighted by Crippen LogP contribution is -2.24. The van der Waals surface area contributed by atoms with Crippen molar-refractivity contribution in [3.8, 4) is 5.75 Å². The van der Waals surface area contributed by atoms with Gasteiger partial charge in [-0.2, -0.15) is 0 Å². The van der Waals surface area contributed by atoms with Crippen molar-refractivity contribution in [1.29, 1.82) is 0 Å². The maximum atomic E-state index is 5.47. The van der Waals surface area contributed by atoms with Crippen LogP contribution in [0.1, 0.15) is 48.5 Å². The van der Waals surface area contributed by atoms with Gasteiger partial charge in [0.25, 0.3) is 0 Å². The van der Waals surface area contributed by atoms with E-state index in [9.17, 15) is 0 Å². The number of benzene rings is 1. The Morgan fingerprint density at radius 3 is 2.80 bits per heavy atom. The molecule has 3 nitrogen and oxygen atoms in total. The van der Waals surface area contributed by atoms with Gasteiger partial charge in [0.15, 0.2) is 0 Å². The molecule has 108 valence electrons. The third-order valence-electron chi connectivity index (χ3n) is 3.46. The summed E-state index contributed by atoms with van der Waals surface area (Å²) < 4.78 is 5.47. The van der Waals surface area contributed by atoms with E-state index in [-0.39, 0.29) is 12.1 Å². The third kappa shape index (κ3) is 3.38. The number of aryl methyl sites for hydroxylation is 1. The molecule has 1 N–H and O–H groups in total. The molecule has 1 aromatic heterocycles. The first-order valence-electron chi connectivity index (χ1n) is 6.95. The molecular formula is C16H22N2OS. The van der Waals surface area contributed by atoms with Crippen LogP contribution in [0, 0.1) is 6.92 Å². The van der Waals surface area contributed by atoms with Gasteiger partial charge < -0.3 is 10.1 Å². The van der Waals surface area contributed by atoms with Gasteiger partial charge in [0, 0.05) is 23.2 Å². The molecule has 0 amide bonds. The van der Waals surface area contributed by atoms with Gasteiger partial charge >= 0.3 is 0 Å². The molecule has 20 heavy (non-hydrogen) atoms. The second kappa shape index (κ2) is 6.86. The molecule has 2 aromatic rings. The Kier molecular flexibility index (Phi) is 5.15. The van der Waals surface area contributed by atoms with Crippen molar-refractivity contribution in [2.75, 3.05) is 7.11 Å². The number of methoxy groups -OCH3 is 1. The summed E-state index contributed by atoms with van der Waals surface area (Å²) in [6, 6.07) is 6.81. The van der Waals surface area contributed by atoms with Gasteiger partial charge in [-0.1, -0.05) is 24.6 Å². The van der Waals surface area contributed by atoms with Crippen LogP contribution in [0.3, 0.4) is 0 Å². The molecule has 0 fully saturated rings. The van der Waals surface area contributed by atoms with E-state index in [2.05, 4.69) is 43.2 Å². The van der Waals surface area contributed by atoms with E-state index < -0.39 is 0 Å². The second-order valence-corrected chi connectivity index (χ2v) is 5.89. The standard InChI is InChI=1S/C16H22N2OS/c1-5-14(16-17-8-9-20-16)18-12(3)13-10-11(2)6-7-15(13)19-4/h6-10,12,14,18H,5H2,1-4H3. The highest BCUT2D eigenvalue weighted by molar-refractivity contribution is 7.09. The van der Waals surface area contributed by atoms with Crippen LogP contribution >= 0.6 is 11.3 Å². The van der Waals surface area contributed by atoms with Crippen molar-refractivity contribution in [3.05, 3.63) is 45.9 Å². The number of hydrogen-bond donors (Lipinski definition) is 1. The SMILES string of the molecule is CCC(NC(C)c1cc(C)ccc1OC)c1nccs1. The third-order valence-corrected chi connectivity index (χ3v) is 4.35. The number of nitrogens with one attached hydrogen (secondary N) is 1. The number of thiazole rings is 1. The van der Waals surface area contributed by atoms with Crippen LogP contribution in [-0.2, 0) is 0 Å².